The van der Waals surface area contributed by atoms with Crippen LogP contribution in [0.1, 0.15) is 20.3 Å². The molecule has 0 aliphatic heterocycles. The van der Waals surface area contributed by atoms with E-state index in [1.165, 1.54) is 14.0 Å². The van der Waals surface area contributed by atoms with Crippen LogP contribution in [0.3, 0.4) is 0 Å². The number of sulfonamides is 1. The molecule has 0 fully saturated rings. The Labute approximate surface area is 103 Å². The Hall–Kier alpha value is -0.660. The zero-order chi connectivity index (χ0) is 13.3. The number of hydrogen-bond acceptors (Lipinski definition) is 5. The van der Waals surface area contributed by atoms with Crippen LogP contribution in [0.5, 0.6) is 0 Å². The second kappa shape index (κ2) is 8.43. The molecule has 0 bridgehead atoms. The number of carbonyl (C=O) groups excluding carboxylic acids is 1. The quantitative estimate of drug-likeness (QED) is 0.585. The molecule has 1 N–H and O–H groups in total. The molecule has 1 amide bonds. The van der Waals surface area contributed by atoms with E-state index < -0.39 is 15.9 Å². The van der Waals surface area contributed by atoms with Gasteiger partial charge in [0.15, 0.2) is 0 Å². The van der Waals surface area contributed by atoms with Gasteiger partial charge in [0.25, 0.3) is 0 Å². The summed E-state index contributed by atoms with van der Waals surface area (Å²) in [5, 5.41) is 3.09. The van der Waals surface area contributed by atoms with Crippen molar-refractivity contribution in [1.82, 2.24) is 9.62 Å². The van der Waals surface area contributed by atoms with E-state index in [1.807, 2.05) is 6.92 Å². The van der Waals surface area contributed by atoms with Crippen LogP contribution in [0, 0.1) is 0 Å². The highest BCUT2D eigenvalue weighted by Gasteiger charge is 2.19. The van der Waals surface area contributed by atoms with Gasteiger partial charge >= 0.3 is 0 Å². The molecular weight excluding hydrogens is 244 g/mol. The minimum absolute atomic E-state index is 0.0652. The maximum absolute atomic E-state index is 11.5. The summed E-state index contributed by atoms with van der Waals surface area (Å²) < 4.78 is 29.1. The minimum atomic E-state index is -3.47. The van der Waals surface area contributed by atoms with Crippen LogP contribution in [-0.4, -0.2) is 57.7 Å². The molecule has 6 nitrogen and oxygen atoms in total. The average molecular weight is 266 g/mol. The lowest BCUT2D eigenvalue weighted by Gasteiger charge is -2.15. The summed E-state index contributed by atoms with van der Waals surface area (Å²) in [4.78, 5) is 10.9. The molecule has 0 aromatic heterocycles. The number of rotatable bonds is 9. The zero-order valence-corrected chi connectivity index (χ0v) is 11.5. The van der Waals surface area contributed by atoms with Crippen molar-refractivity contribution in [2.75, 3.05) is 39.1 Å². The van der Waals surface area contributed by atoms with Crippen LogP contribution >= 0.6 is 0 Å². The fourth-order valence-electron chi connectivity index (χ4n) is 1.10. The van der Waals surface area contributed by atoms with E-state index in [2.05, 4.69) is 5.32 Å². The Morgan fingerprint density at radius 2 is 2.00 bits per heavy atom. The summed E-state index contributed by atoms with van der Waals surface area (Å²) in [5.74, 6) is -0.539. The van der Waals surface area contributed by atoms with Gasteiger partial charge in [-0.1, -0.05) is 6.92 Å². The van der Waals surface area contributed by atoms with Crippen molar-refractivity contribution in [2.24, 2.45) is 0 Å². The SMILES string of the molecule is CCNCCOCCCS(=O)(=O)N(C)C(C)=O. The third-order valence-electron chi connectivity index (χ3n) is 2.22. The summed E-state index contributed by atoms with van der Waals surface area (Å²) in [7, 11) is -2.20. The molecule has 0 atom stereocenters. The molecule has 0 spiro atoms. The Morgan fingerprint density at radius 1 is 1.35 bits per heavy atom. The number of nitrogens with zero attached hydrogens (tertiary/aromatic N) is 1. The van der Waals surface area contributed by atoms with E-state index in [-0.39, 0.29) is 5.75 Å². The normalized spacial score (nSPS) is 11.5. The summed E-state index contributed by atoms with van der Waals surface area (Å²) in [6.45, 7) is 5.83. The van der Waals surface area contributed by atoms with Crippen molar-refractivity contribution in [3.8, 4) is 0 Å². The number of nitrogens with one attached hydrogen (secondary N) is 1. The molecule has 0 rings (SSSR count). The number of amides is 1. The largest absolute Gasteiger partial charge is 0.380 e. The Bertz CT molecular complexity index is 316. The second-order valence-electron chi connectivity index (χ2n) is 3.62. The molecule has 17 heavy (non-hydrogen) atoms. The third kappa shape index (κ3) is 7.30. The lowest BCUT2D eigenvalue weighted by molar-refractivity contribution is -0.123. The van der Waals surface area contributed by atoms with Gasteiger partial charge in [-0.15, -0.1) is 0 Å². The second-order valence-corrected chi connectivity index (χ2v) is 5.74. The summed E-state index contributed by atoms with van der Waals surface area (Å²) >= 11 is 0. The van der Waals surface area contributed by atoms with Gasteiger partial charge < -0.3 is 10.1 Å². The number of ether oxygens (including phenoxy) is 1. The van der Waals surface area contributed by atoms with Gasteiger partial charge in [0, 0.05) is 27.1 Å². The van der Waals surface area contributed by atoms with Crippen LogP contribution in [-0.2, 0) is 19.6 Å². The molecule has 0 saturated heterocycles. The molecule has 7 heteroatoms. The van der Waals surface area contributed by atoms with E-state index in [0.717, 1.165) is 17.4 Å². The fourth-order valence-corrected chi connectivity index (χ4v) is 2.25. The maximum atomic E-state index is 11.5. The lowest BCUT2D eigenvalue weighted by Crippen LogP contribution is -2.33. The average Bonchev–Trinajstić information content (AvgIpc) is 2.26. The van der Waals surface area contributed by atoms with Crippen LogP contribution in [0.25, 0.3) is 0 Å². The highest BCUT2D eigenvalue weighted by molar-refractivity contribution is 7.89. The van der Waals surface area contributed by atoms with Gasteiger partial charge in [-0.2, -0.15) is 0 Å². The minimum Gasteiger partial charge on any atom is -0.380 e. The van der Waals surface area contributed by atoms with E-state index in [4.69, 9.17) is 4.74 Å². The topological polar surface area (TPSA) is 75.7 Å². The molecule has 0 aliphatic rings. The molecule has 0 saturated carbocycles. The monoisotopic (exact) mass is 266 g/mol. The predicted molar refractivity (Wildman–Crippen MR) is 66.2 cm³/mol. The highest BCUT2D eigenvalue weighted by atomic mass is 32.2. The highest BCUT2D eigenvalue weighted by Crippen LogP contribution is 2.00. The van der Waals surface area contributed by atoms with Gasteiger partial charge in [-0.05, 0) is 13.0 Å². The first-order chi connectivity index (χ1) is 7.91. The first kappa shape index (κ1) is 16.3. The number of carbonyl (C=O) groups is 1. The van der Waals surface area contributed by atoms with Crippen molar-refractivity contribution in [1.29, 1.82) is 0 Å². The van der Waals surface area contributed by atoms with E-state index in [1.54, 1.807) is 0 Å². The van der Waals surface area contributed by atoms with Gasteiger partial charge in [0.05, 0.1) is 12.4 Å². The molecule has 0 heterocycles. The molecule has 0 unspecified atom stereocenters. The molecule has 0 aliphatic carbocycles. The van der Waals surface area contributed by atoms with E-state index in [9.17, 15) is 13.2 Å². The maximum Gasteiger partial charge on any atom is 0.237 e. The summed E-state index contributed by atoms with van der Waals surface area (Å²) in [5.41, 5.74) is 0. The number of likely N-dealkylation sites (N-methyl/N-ethyl adjacent to an activating group) is 1. The van der Waals surface area contributed by atoms with Crippen molar-refractivity contribution in [3.63, 3.8) is 0 Å². The molecule has 0 aromatic carbocycles. The standard InChI is InChI=1S/C10H22N2O4S/c1-4-11-6-8-16-7-5-9-17(14,15)12(3)10(2)13/h11H,4-9H2,1-3H3. The summed E-state index contributed by atoms with van der Waals surface area (Å²) in [6, 6.07) is 0. The van der Waals surface area contributed by atoms with Gasteiger partial charge in [-0.3, -0.25) is 4.79 Å². The Kier molecular flexibility index (Phi) is 8.11. The third-order valence-corrected chi connectivity index (χ3v) is 4.12. The molecular formula is C10H22N2O4S. The zero-order valence-electron chi connectivity index (χ0n) is 10.7. The van der Waals surface area contributed by atoms with E-state index >= 15 is 0 Å². The van der Waals surface area contributed by atoms with Crippen molar-refractivity contribution < 1.29 is 17.9 Å². The van der Waals surface area contributed by atoms with Crippen LogP contribution in [0.15, 0.2) is 0 Å². The van der Waals surface area contributed by atoms with Crippen molar-refractivity contribution in [3.05, 3.63) is 0 Å². The van der Waals surface area contributed by atoms with Crippen molar-refractivity contribution >= 4 is 15.9 Å². The first-order valence-corrected chi connectivity index (χ1v) is 7.28. The first-order valence-electron chi connectivity index (χ1n) is 5.67. The fraction of sp³-hybridized carbons (Fsp3) is 0.900. The van der Waals surface area contributed by atoms with Crippen molar-refractivity contribution in [2.45, 2.75) is 20.3 Å². The Morgan fingerprint density at radius 3 is 2.53 bits per heavy atom. The van der Waals surface area contributed by atoms with E-state index in [0.29, 0.717) is 19.6 Å². The molecule has 0 aromatic rings. The van der Waals surface area contributed by atoms with Gasteiger partial charge in [-0.25, -0.2) is 12.7 Å². The summed E-state index contributed by atoms with van der Waals surface area (Å²) in [6.07, 6.45) is 0.395. The Balaban J connectivity index is 3.70. The predicted octanol–water partition coefficient (Wildman–Crippen LogP) is -0.189. The number of hydrogen-bond donors (Lipinski definition) is 1. The molecule has 0 radical (unpaired) electrons. The van der Waals surface area contributed by atoms with Crippen LogP contribution in [0.2, 0.25) is 0 Å². The van der Waals surface area contributed by atoms with Crippen LogP contribution in [0.4, 0.5) is 0 Å². The molecule has 102 valence electrons. The lowest BCUT2D eigenvalue weighted by atomic mass is 10.5. The van der Waals surface area contributed by atoms with Crippen LogP contribution < -0.4 is 5.32 Å². The van der Waals surface area contributed by atoms with Gasteiger partial charge in [0.1, 0.15) is 0 Å². The van der Waals surface area contributed by atoms with Gasteiger partial charge in [0.2, 0.25) is 15.9 Å². The smallest absolute Gasteiger partial charge is 0.237 e.